The van der Waals surface area contributed by atoms with Crippen LogP contribution < -0.4 is 0 Å². The molecule has 14 nitrogen and oxygen atoms in total. The molecule has 1 aliphatic rings. The van der Waals surface area contributed by atoms with Gasteiger partial charge in [0.15, 0.2) is 0 Å². The van der Waals surface area contributed by atoms with Crippen LogP contribution in [0.4, 0.5) is 11.4 Å². The van der Waals surface area contributed by atoms with E-state index in [1.165, 1.54) is 36.4 Å². The second kappa shape index (κ2) is 17.2. The monoisotopic (exact) mass is 616 g/mol. The van der Waals surface area contributed by atoms with Crippen LogP contribution in [0.1, 0.15) is 11.1 Å². The molecule has 1 saturated heterocycles. The van der Waals surface area contributed by atoms with Gasteiger partial charge in [-0.15, -0.1) is 0 Å². The van der Waals surface area contributed by atoms with Crippen LogP contribution in [0.2, 0.25) is 0 Å². The van der Waals surface area contributed by atoms with E-state index in [2.05, 4.69) is 50.5 Å². The van der Waals surface area contributed by atoms with E-state index in [-0.39, 0.29) is 22.9 Å². The molecule has 0 aromatic heterocycles. The first-order valence-corrected chi connectivity index (χ1v) is 15.0. The number of likely N-dealkylation sites (N-methyl/N-ethyl adjacent to an activating group) is 4. The lowest BCUT2D eigenvalue weighted by atomic mass is 10.1. The van der Waals surface area contributed by atoms with Crippen LogP contribution >= 0.6 is 0 Å². The van der Waals surface area contributed by atoms with Crippen LogP contribution in [0.3, 0.4) is 0 Å². The Morgan fingerprint density at radius 2 is 0.818 bits per heavy atom. The van der Waals surface area contributed by atoms with E-state index in [4.69, 9.17) is 0 Å². The number of non-ortho nitro benzene ring substituents is 2. The Morgan fingerprint density at radius 1 is 0.545 bits per heavy atom. The second-order valence-electron chi connectivity index (χ2n) is 11.9. The van der Waals surface area contributed by atoms with Gasteiger partial charge in [0, 0.05) is 127 Å². The van der Waals surface area contributed by atoms with Crippen molar-refractivity contribution in [2.24, 2.45) is 0 Å². The molecule has 0 atom stereocenters. The van der Waals surface area contributed by atoms with Crippen LogP contribution in [-0.2, 0) is 13.1 Å². The van der Waals surface area contributed by atoms with Crippen molar-refractivity contribution >= 4 is 11.4 Å². The summed E-state index contributed by atoms with van der Waals surface area (Å²) < 4.78 is 0. The van der Waals surface area contributed by atoms with Gasteiger partial charge in [0.05, 0.1) is 9.85 Å². The lowest BCUT2D eigenvalue weighted by Gasteiger charge is -2.31. The highest BCUT2D eigenvalue weighted by Crippen LogP contribution is 2.25. The number of phenolic OH excluding ortho intramolecular Hbond substituents is 2. The van der Waals surface area contributed by atoms with Crippen LogP contribution in [0, 0.1) is 20.2 Å². The molecule has 0 spiro atoms. The number of nitro groups is 2. The predicted octanol–water partition coefficient (Wildman–Crippen LogP) is 1.96. The molecule has 0 bridgehead atoms. The zero-order chi connectivity index (χ0) is 32.2. The van der Waals surface area contributed by atoms with E-state index in [1.807, 2.05) is 7.05 Å². The minimum atomic E-state index is -0.447. The lowest BCUT2D eigenvalue weighted by Crippen LogP contribution is -2.43. The van der Waals surface area contributed by atoms with Gasteiger partial charge in [0.2, 0.25) is 0 Å². The fourth-order valence-corrected chi connectivity index (χ4v) is 5.02. The maximum Gasteiger partial charge on any atom is 0.270 e. The smallest absolute Gasteiger partial charge is 0.270 e. The molecule has 2 N–H and O–H groups in total. The van der Waals surface area contributed by atoms with Gasteiger partial charge >= 0.3 is 0 Å². The van der Waals surface area contributed by atoms with Gasteiger partial charge in [0.25, 0.3) is 11.4 Å². The topological polar surface area (TPSA) is 146 Å². The van der Waals surface area contributed by atoms with E-state index < -0.39 is 9.85 Å². The Morgan fingerprint density at radius 3 is 1.09 bits per heavy atom. The highest BCUT2D eigenvalue weighted by atomic mass is 16.6. The number of rotatable bonds is 6. The SMILES string of the molecule is CN1CCN(C)CCN(Cc2cc([N+](=O)[O-])ccc2O)CCN(C)CCN(Cc2cc([N+](=O)[O-])ccc2O)CCN(C)CC1. The molecule has 1 aliphatic heterocycles. The van der Waals surface area contributed by atoms with Crippen LogP contribution in [0.15, 0.2) is 36.4 Å². The van der Waals surface area contributed by atoms with Crippen molar-refractivity contribution in [3.63, 3.8) is 0 Å². The fraction of sp³-hybridized carbons (Fsp3) is 0.600. The normalized spacial score (nSPS) is 19.4. The molecule has 14 heteroatoms. The van der Waals surface area contributed by atoms with Gasteiger partial charge in [-0.1, -0.05) is 0 Å². The third-order valence-electron chi connectivity index (χ3n) is 8.25. The van der Waals surface area contributed by atoms with Crippen LogP contribution in [-0.4, -0.2) is 156 Å². The number of phenols is 2. The fourth-order valence-electron chi connectivity index (χ4n) is 5.02. The second-order valence-corrected chi connectivity index (χ2v) is 11.9. The minimum absolute atomic E-state index is 0.0445. The molecular weight excluding hydrogens is 568 g/mol. The van der Waals surface area contributed by atoms with Crippen molar-refractivity contribution in [2.45, 2.75) is 13.1 Å². The Balaban J connectivity index is 1.75. The summed E-state index contributed by atoms with van der Waals surface area (Å²) in [6.45, 7) is 10.4. The van der Waals surface area contributed by atoms with Crippen LogP contribution in [0.5, 0.6) is 11.5 Å². The van der Waals surface area contributed by atoms with Gasteiger partial charge in [-0.05, 0) is 40.3 Å². The quantitative estimate of drug-likeness (QED) is 0.361. The average Bonchev–Trinajstić information content (AvgIpc) is 2.98. The Labute approximate surface area is 260 Å². The largest absolute Gasteiger partial charge is 0.508 e. The predicted molar refractivity (Wildman–Crippen MR) is 170 cm³/mol. The molecule has 0 saturated carbocycles. The van der Waals surface area contributed by atoms with Crippen LogP contribution in [0.25, 0.3) is 0 Å². The molecule has 244 valence electrons. The first-order chi connectivity index (χ1) is 20.9. The van der Waals surface area contributed by atoms with Gasteiger partial charge in [0.1, 0.15) is 11.5 Å². The third kappa shape index (κ3) is 11.6. The summed E-state index contributed by atoms with van der Waals surface area (Å²) in [5, 5.41) is 43.6. The zero-order valence-electron chi connectivity index (χ0n) is 26.5. The highest BCUT2D eigenvalue weighted by molar-refractivity contribution is 5.43. The molecule has 0 unspecified atom stereocenters. The lowest BCUT2D eigenvalue weighted by molar-refractivity contribution is -0.385. The molecule has 3 rings (SSSR count). The van der Waals surface area contributed by atoms with Crippen molar-refractivity contribution in [3.8, 4) is 11.5 Å². The van der Waals surface area contributed by atoms with Gasteiger partial charge in [-0.3, -0.25) is 30.0 Å². The first-order valence-electron chi connectivity index (χ1n) is 15.0. The van der Waals surface area contributed by atoms with E-state index in [9.17, 15) is 30.4 Å². The van der Waals surface area contributed by atoms with E-state index in [0.29, 0.717) is 37.3 Å². The summed E-state index contributed by atoms with van der Waals surface area (Å²) in [6.07, 6.45) is 0. The molecule has 1 heterocycles. The highest BCUT2D eigenvalue weighted by Gasteiger charge is 2.18. The van der Waals surface area contributed by atoms with Crippen molar-refractivity contribution in [1.82, 2.24) is 29.4 Å². The summed E-state index contributed by atoms with van der Waals surface area (Å²) in [5.41, 5.74) is 0.964. The van der Waals surface area contributed by atoms with Gasteiger partial charge in [-0.25, -0.2) is 0 Å². The van der Waals surface area contributed by atoms with Crippen molar-refractivity contribution in [2.75, 3.05) is 107 Å². The molecule has 1 fully saturated rings. The average molecular weight is 617 g/mol. The van der Waals surface area contributed by atoms with Crippen molar-refractivity contribution in [3.05, 3.63) is 67.8 Å². The Kier molecular flexibility index (Phi) is 13.7. The summed E-state index contributed by atoms with van der Waals surface area (Å²) in [7, 11) is 8.35. The number of nitro benzene ring substituents is 2. The molecule has 0 amide bonds. The molecule has 0 aliphatic carbocycles. The molecule has 2 aromatic carbocycles. The Hall–Kier alpha value is -3.40. The summed E-state index contributed by atoms with van der Waals surface area (Å²) >= 11 is 0. The molecule has 44 heavy (non-hydrogen) atoms. The zero-order valence-corrected chi connectivity index (χ0v) is 26.5. The summed E-state index contributed by atoms with van der Waals surface area (Å²) in [6, 6.07) is 8.28. The third-order valence-corrected chi connectivity index (χ3v) is 8.25. The number of nitrogens with zero attached hydrogens (tertiary/aromatic N) is 8. The standard InChI is InChI=1S/C30H48N8O6/c1-31-9-11-32(2)13-17-35(23-25-21-27(37(41)42)5-7-29(25)39)19-15-34(4)16-20-36(18-14-33(3)12-10-31)24-26-22-28(38(43)44)6-8-30(26)40/h5-8,21-22,39-40H,9-20,23-24H2,1-4H3. The number of hydrogen-bond acceptors (Lipinski definition) is 12. The maximum absolute atomic E-state index is 11.4. The molecule has 0 radical (unpaired) electrons. The number of aromatic hydroxyl groups is 2. The van der Waals surface area contributed by atoms with Gasteiger partial charge in [-0.2, -0.15) is 0 Å². The maximum atomic E-state index is 11.4. The number of benzene rings is 2. The van der Waals surface area contributed by atoms with E-state index in [0.717, 1.165) is 65.4 Å². The van der Waals surface area contributed by atoms with E-state index in [1.54, 1.807) is 0 Å². The first kappa shape index (κ1) is 35.1. The number of hydrogen-bond donors (Lipinski definition) is 2. The van der Waals surface area contributed by atoms with Gasteiger partial charge < -0.3 is 29.8 Å². The molecule has 2 aromatic rings. The van der Waals surface area contributed by atoms with E-state index >= 15 is 0 Å². The van der Waals surface area contributed by atoms with Crippen molar-refractivity contribution < 1.29 is 20.1 Å². The molecular formula is C30H48N8O6. The Bertz CT molecular complexity index is 1140. The van der Waals surface area contributed by atoms with Crippen molar-refractivity contribution in [1.29, 1.82) is 0 Å². The minimum Gasteiger partial charge on any atom is -0.508 e. The summed E-state index contributed by atoms with van der Waals surface area (Å²) in [4.78, 5) is 35.3. The summed E-state index contributed by atoms with van der Waals surface area (Å²) in [5.74, 6) is 0.0896.